The average molecular weight is 359 g/mol. The van der Waals surface area contributed by atoms with Crippen LogP contribution < -0.4 is 5.56 Å². The summed E-state index contributed by atoms with van der Waals surface area (Å²) in [6.45, 7) is 4.29. The number of nitrogens with zero attached hydrogens (tertiary/aromatic N) is 3. The van der Waals surface area contributed by atoms with Crippen molar-refractivity contribution in [2.24, 2.45) is 0 Å². The summed E-state index contributed by atoms with van der Waals surface area (Å²) in [5.41, 5.74) is 3.19. The Hall–Kier alpha value is -2.44. The van der Waals surface area contributed by atoms with Crippen molar-refractivity contribution in [3.05, 3.63) is 69.0 Å². The zero-order valence-corrected chi connectivity index (χ0v) is 15.0. The molecule has 1 aromatic carbocycles. The number of aromatic amines is 1. The molecule has 0 saturated carbocycles. The normalized spacial score (nSPS) is 12.3. The molecule has 7 heteroatoms. The zero-order valence-electron chi connectivity index (χ0n) is 14.3. The molecule has 0 amide bonds. The first kappa shape index (κ1) is 17.4. The number of aryl methyl sites for hydroxylation is 1. The van der Waals surface area contributed by atoms with E-state index in [4.69, 9.17) is 16.3 Å². The molecule has 3 aromatic rings. The number of hydrogen-bond acceptors (Lipinski definition) is 4. The lowest BCUT2D eigenvalue weighted by Crippen LogP contribution is -2.09. The fraction of sp³-hybridized carbons (Fsp3) is 0.278. The first-order valence-corrected chi connectivity index (χ1v) is 8.25. The summed E-state index contributed by atoms with van der Waals surface area (Å²) in [6, 6.07) is 7.29. The topological polar surface area (TPSA) is 72.8 Å². The number of ether oxygens (including phenoxy) is 1. The van der Waals surface area contributed by atoms with E-state index in [2.05, 4.69) is 15.1 Å². The molecule has 2 aromatic heterocycles. The van der Waals surface area contributed by atoms with Gasteiger partial charge in [0.05, 0.1) is 24.5 Å². The zero-order chi connectivity index (χ0) is 18.0. The average Bonchev–Trinajstić information content (AvgIpc) is 3.04. The molecule has 6 nitrogen and oxygen atoms in total. The summed E-state index contributed by atoms with van der Waals surface area (Å²) >= 11 is 6.42. The van der Waals surface area contributed by atoms with Crippen molar-refractivity contribution in [2.45, 2.75) is 26.5 Å². The smallest absolute Gasteiger partial charge is 0.251 e. The summed E-state index contributed by atoms with van der Waals surface area (Å²) < 4.78 is 6.94. The molecule has 25 heavy (non-hydrogen) atoms. The van der Waals surface area contributed by atoms with E-state index < -0.39 is 0 Å². The van der Waals surface area contributed by atoms with Gasteiger partial charge in [-0.1, -0.05) is 23.7 Å². The number of H-pyrrole nitrogens is 1. The van der Waals surface area contributed by atoms with Gasteiger partial charge in [0, 0.05) is 30.0 Å². The van der Waals surface area contributed by atoms with Gasteiger partial charge < -0.3 is 9.72 Å². The highest BCUT2D eigenvalue weighted by atomic mass is 35.5. The molecule has 0 spiro atoms. The van der Waals surface area contributed by atoms with E-state index in [9.17, 15) is 4.79 Å². The highest BCUT2D eigenvalue weighted by molar-refractivity contribution is 6.31. The second kappa shape index (κ2) is 7.21. The predicted octanol–water partition coefficient (Wildman–Crippen LogP) is 3.35. The van der Waals surface area contributed by atoms with Crippen molar-refractivity contribution < 1.29 is 4.74 Å². The molecule has 130 valence electrons. The third-order valence-corrected chi connectivity index (χ3v) is 4.31. The van der Waals surface area contributed by atoms with E-state index in [1.54, 1.807) is 20.2 Å². The van der Waals surface area contributed by atoms with Crippen LogP contribution in [0.5, 0.6) is 0 Å². The van der Waals surface area contributed by atoms with E-state index in [-0.39, 0.29) is 11.6 Å². The highest BCUT2D eigenvalue weighted by Gasteiger charge is 2.14. The Balaban J connectivity index is 1.90. The van der Waals surface area contributed by atoms with Crippen LogP contribution in [-0.4, -0.2) is 26.9 Å². The minimum Gasteiger partial charge on any atom is -0.380 e. The number of methoxy groups -OCH3 is 1. The van der Waals surface area contributed by atoms with Crippen molar-refractivity contribution in [1.29, 1.82) is 0 Å². The molecule has 0 fully saturated rings. The van der Waals surface area contributed by atoms with E-state index in [1.165, 1.54) is 6.07 Å². The first-order valence-electron chi connectivity index (χ1n) is 7.87. The van der Waals surface area contributed by atoms with Crippen molar-refractivity contribution in [3.63, 3.8) is 0 Å². The van der Waals surface area contributed by atoms with Crippen LogP contribution >= 0.6 is 11.6 Å². The Labute approximate surface area is 150 Å². The lowest BCUT2D eigenvalue weighted by molar-refractivity contribution is 0.185. The van der Waals surface area contributed by atoms with Crippen LogP contribution in [0.2, 0.25) is 5.02 Å². The molecule has 0 saturated heterocycles. The fourth-order valence-electron chi connectivity index (χ4n) is 2.72. The Kier molecular flexibility index (Phi) is 5.01. The number of hydrogen-bond donors (Lipinski definition) is 1. The van der Waals surface area contributed by atoms with E-state index in [0.29, 0.717) is 23.1 Å². The summed E-state index contributed by atoms with van der Waals surface area (Å²) in [4.78, 5) is 18.6. The van der Waals surface area contributed by atoms with Crippen LogP contribution in [0, 0.1) is 6.92 Å². The number of rotatable bonds is 5. The number of halogens is 1. The molecule has 0 radical (unpaired) electrons. The van der Waals surface area contributed by atoms with E-state index in [0.717, 1.165) is 16.7 Å². The van der Waals surface area contributed by atoms with Crippen LogP contribution in [-0.2, 0) is 11.3 Å². The summed E-state index contributed by atoms with van der Waals surface area (Å²) in [5, 5.41) is 5.08. The first-order chi connectivity index (χ1) is 12.0. The van der Waals surface area contributed by atoms with Gasteiger partial charge in [0.15, 0.2) is 0 Å². The maximum atomic E-state index is 11.6. The second-order valence-electron chi connectivity index (χ2n) is 5.89. The quantitative estimate of drug-likeness (QED) is 0.759. The number of aromatic nitrogens is 4. The number of benzene rings is 1. The van der Waals surface area contributed by atoms with Crippen molar-refractivity contribution >= 4 is 11.6 Å². The van der Waals surface area contributed by atoms with E-state index in [1.807, 2.05) is 36.0 Å². The predicted molar refractivity (Wildman–Crippen MR) is 96.8 cm³/mol. The molecule has 2 heterocycles. The van der Waals surface area contributed by atoms with Crippen LogP contribution in [0.15, 0.2) is 41.5 Å². The van der Waals surface area contributed by atoms with Crippen molar-refractivity contribution in [2.75, 3.05) is 7.11 Å². The maximum Gasteiger partial charge on any atom is 0.251 e. The van der Waals surface area contributed by atoms with Gasteiger partial charge in [-0.05, 0) is 31.0 Å². The van der Waals surface area contributed by atoms with Gasteiger partial charge in [-0.3, -0.25) is 9.48 Å². The largest absolute Gasteiger partial charge is 0.380 e. The van der Waals surface area contributed by atoms with Crippen LogP contribution in [0.3, 0.4) is 0 Å². The Morgan fingerprint density at radius 2 is 2.16 bits per heavy atom. The third-order valence-electron chi connectivity index (χ3n) is 3.98. The van der Waals surface area contributed by atoms with Gasteiger partial charge in [0.25, 0.3) is 5.56 Å². The van der Waals surface area contributed by atoms with Gasteiger partial charge in [-0.25, -0.2) is 4.98 Å². The molecule has 0 unspecified atom stereocenters. The molecular weight excluding hydrogens is 340 g/mol. The molecular formula is C18H19ClN4O2. The second-order valence-corrected chi connectivity index (χ2v) is 6.30. The molecule has 3 rings (SSSR count). The molecule has 0 aliphatic rings. The molecule has 0 aliphatic heterocycles. The molecule has 0 bridgehead atoms. The SMILES string of the molecule is COCc1ccc([C@@H](C)n2cc(-c3cc(=O)[nH]c(C)n3)cn2)c(Cl)c1. The monoisotopic (exact) mass is 358 g/mol. The Morgan fingerprint density at radius 1 is 1.36 bits per heavy atom. The van der Waals surface area contributed by atoms with Crippen molar-refractivity contribution in [3.8, 4) is 11.3 Å². The standard InChI is InChI=1S/C18H19ClN4O2/c1-11(15-5-4-13(10-25-3)6-16(15)19)23-9-14(8-20-23)17-7-18(24)22-12(2)21-17/h4-9,11H,10H2,1-3H3,(H,21,22,24)/t11-/m1/s1. The number of nitrogens with one attached hydrogen (secondary N) is 1. The van der Waals surface area contributed by atoms with Crippen LogP contribution in [0.25, 0.3) is 11.3 Å². The lowest BCUT2D eigenvalue weighted by Gasteiger charge is -2.15. The van der Waals surface area contributed by atoms with Gasteiger partial charge in [-0.2, -0.15) is 5.10 Å². The molecule has 0 aliphatic carbocycles. The van der Waals surface area contributed by atoms with E-state index >= 15 is 0 Å². The van der Waals surface area contributed by atoms with Crippen molar-refractivity contribution in [1.82, 2.24) is 19.7 Å². The van der Waals surface area contributed by atoms with Gasteiger partial charge in [-0.15, -0.1) is 0 Å². The minimum absolute atomic E-state index is 0.0547. The fourth-order valence-corrected chi connectivity index (χ4v) is 3.08. The summed E-state index contributed by atoms with van der Waals surface area (Å²) in [6.07, 6.45) is 3.57. The van der Waals surface area contributed by atoms with Gasteiger partial charge in [0.1, 0.15) is 5.82 Å². The van der Waals surface area contributed by atoms with Crippen LogP contribution in [0.1, 0.15) is 29.9 Å². The van der Waals surface area contributed by atoms with Gasteiger partial charge >= 0.3 is 0 Å². The molecule has 1 atom stereocenters. The molecule has 1 N–H and O–H groups in total. The summed E-state index contributed by atoms with van der Waals surface area (Å²) in [7, 11) is 1.65. The Morgan fingerprint density at radius 3 is 2.84 bits per heavy atom. The Bertz CT molecular complexity index is 948. The summed E-state index contributed by atoms with van der Waals surface area (Å²) in [5.74, 6) is 0.570. The maximum absolute atomic E-state index is 11.6. The third kappa shape index (κ3) is 3.81. The lowest BCUT2D eigenvalue weighted by atomic mass is 10.1. The van der Waals surface area contributed by atoms with Gasteiger partial charge in [0.2, 0.25) is 0 Å². The van der Waals surface area contributed by atoms with Crippen LogP contribution in [0.4, 0.5) is 0 Å². The minimum atomic E-state index is -0.180. The highest BCUT2D eigenvalue weighted by Crippen LogP contribution is 2.28.